The molecule has 0 spiro atoms. The van der Waals surface area contributed by atoms with E-state index < -0.39 is 0 Å². The van der Waals surface area contributed by atoms with E-state index in [9.17, 15) is 9.59 Å². The lowest BCUT2D eigenvalue weighted by atomic mass is 10.1. The van der Waals surface area contributed by atoms with Crippen LogP contribution >= 0.6 is 0 Å². The lowest BCUT2D eigenvalue weighted by Crippen LogP contribution is -2.66. The Hall–Kier alpha value is -1.18. The fourth-order valence-corrected chi connectivity index (χ4v) is 3.42. The first-order chi connectivity index (χ1) is 11.4. The average Bonchev–Trinajstić information content (AvgIpc) is 2.61. The van der Waals surface area contributed by atoms with Crippen molar-refractivity contribution in [1.29, 1.82) is 0 Å². The number of likely N-dealkylation sites (N-methyl/N-ethyl adjacent to an activating group) is 1. The summed E-state index contributed by atoms with van der Waals surface area (Å²) in [6, 6.07) is -0.137. The molecule has 2 fully saturated rings. The summed E-state index contributed by atoms with van der Waals surface area (Å²) in [6.45, 7) is 11.5. The molecule has 0 aromatic carbocycles. The first kappa shape index (κ1) is 19.1. The Morgan fingerprint density at radius 2 is 1.79 bits per heavy atom. The Kier molecular flexibility index (Phi) is 7.01. The van der Waals surface area contributed by atoms with E-state index in [1.165, 1.54) is 0 Å². The van der Waals surface area contributed by atoms with Crippen LogP contribution in [0.2, 0.25) is 0 Å². The third-order valence-electron chi connectivity index (χ3n) is 4.91. The predicted octanol–water partition coefficient (Wildman–Crippen LogP) is -0.457. The maximum absolute atomic E-state index is 12.3. The first-order valence-corrected chi connectivity index (χ1v) is 9.18. The van der Waals surface area contributed by atoms with Gasteiger partial charge in [0.2, 0.25) is 11.8 Å². The molecule has 0 radical (unpaired) electrons. The molecule has 2 N–H and O–H groups in total. The van der Waals surface area contributed by atoms with Crippen molar-refractivity contribution in [1.82, 2.24) is 25.3 Å². The summed E-state index contributed by atoms with van der Waals surface area (Å²) in [6.07, 6.45) is 1.21. The van der Waals surface area contributed by atoms with E-state index in [0.29, 0.717) is 6.54 Å². The topological polar surface area (TPSA) is 67.9 Å². The number of hydrogen-bond donors (Lipinski definition) is 2. The fourth-order valence-electron chi connectivity index (χ4n) is 3.42. The number of carbonyl (C=O) groups is 2. The SMILES string of the molecule is CCCN(C)C(=O)C1CNC(N2CCN(C(=O)C(C)C)CC2)CN1. The highest BCUT2D eigenvalue weighted by Gasteiger charge is 2.32. The van der Waals surface area contributed by atoms with Crippen LogP contribution in [0.15, 0.2) is 0 Å². The van der Waals surface area contributed by atoms with E-state index in [4.69, 9.17) is 0 Å². The molecule has 0 aliphatic carbocycles. The standard InChI is InChI=1S/C17H33N5O2/c1-5-6-20(4)17(24)14-11-19-15(12-18-14)21-7-9-22(10-8-21)16(23)13(2)3/h13-15,18-19H,5-12H2,1-4H3. The zero-order chi connectivity index (χ0) is 17.7. The van der Waals surface area contributed by atoms with Gasteiger partial charge in [-0.15, -0.1) is 0 Å². The number of nitrogens with zero attached hydrogens (tertiary/aromatic N) is 3. The van der Waals surface area contributed by atoms with E-state index in [2.05, 4.69) is 22.5 Å². The van der Waals surface area contributed by atoms with Crippen molar-refractivity contribution in [3.63, 3.8) is 0 Å². The lowest BCUT2D eigenvalue weighted by molar-refractivity contribution is -0.137. The summed E-state index contributed by atoms with van der Waals surface area (Å²) >= 11 is 0. The molecule has 2 aliphatic rings. The number of carbonyl (C=O) groups excluding carboxylic acids is 2. The van der Waals surface area contributed by atoms with Crippen molar-refractivity contribution < 1.29 is 9.59 Å². The number of rotatable bonds is 5. The molecule has 7 nitrogen and oxygen atoms in total. The molecule has 2 atom stereocenters. The monoisotopic (exact) mass is 339 g/mol. The second-order valence-corrected chi connectivity index (χ2v) is 7.16. The predicted molar refractivity (Wildman–Crippen MR) is 94.5 cm³/mol. The van der Waals surface area contributed by atoms with Gasteiger partial charge >= 0.3 is 0 Å². The summed E-state index contributed by atoms with van der Waals surface area (Å²) in [4.78, 5) is 30.5. The minimum atomic E-state index is -0.137. The molecule has 2 aliphatic heterocycles. The summed E-state index contributed by atoms with van der Waals surface area (Å²) in [5, 5.41) is 6.88. The summed E-state index contributed by atoms with van der Waals surface area (Å²) in [7, 11) is 1.87. The van der Waals surface area contributed by atoms with Crippen molar-refractivity contribution in [3.05, 3.63) is 0 Å². The highest BCUT2D eigenvalue weighted by molar-refractivity contribution is 5.82. The second kappa shape index (κ2) is 8.78. The van der Waals surface area contributed by atoms with Gasteiger partial charge < -0.3 is 15.1 Å². The minimum Gasteiger partial charge on any atom is -0.344 e. The maximum Gasteiger partial charge on any atom is 0.240 e. The van der Waals surface area contributed by atoms with Crippen molar-refractivity contribution in [2.45, 2.75) is 39.4 Å². The molecule has 0 aromatic rings. The van der Waals surface area contributed by atoms with Gasteiger partial charge in [-0.05, 0) is 6.42 Å². The van der Waals surface area contributed by atoms with Gasteiger partial charge in [0, 0.05) is 58.8 Å². The molecule has 0 bridgehead atoms. The van der Waals surface area contributed by atoms with Crippen LogP contribution in [0, 0.1) is 5.92 Å². The van der Waals surface area contributed by atoms with Crippen molar-refractivity contribution in [3.8, 4) is 0 Å². The molecule has 138 valence electrons. The van der Waals surface area contributed by atoms with Gasteiger partial charge in [-0.2, -0.15) is 0 Å². The fraction of sp³-hybridized carbons (Fsp3) is 0.882. The molecule has 2 saturated heterocycles. The molecular formula is C17H33N5O2. The molecule has 2 rings (SSSR count). The van der Waals surface area contributed by atoms with Crippen LogP contribution in [-0.4, -0.2) is 91.6 Å². The zero-order valence-corrected chi connectivity index (χ0v) is 15.5. The van der Waals surface area contributed by atoms with Crippen molar-refractivity contribution in [2.75, 3.05) is 52.9 Å². The molecule has 24 heavy (non-hydrogen) atoms. The van der Waals surface area contributed by atoms with E-state index in [1.807, 2.05) is 25.8 Å². The average molecular weight is 339 g/mol. The van der Waals surface area contributed by atoms with Crippen LogP contribution in [0.1, 0.15) is 27.2 Å². The van der Waals surface area contributed by atoms with Gasteiger partial charge in [0.25, 0.3) is 0 Å². The highest BCUT2D eigenvalue weighted by Crippen LogP contribution is 2.10. The zero-order valence-electron chi connectivity index (χ0n) is 15.5. The van der Waals surface area contributed by atoms with Crippen molar-refractivity contribution in [2.24, 2.45) is 5.92 Å². The van der Waals surface area contributed by atoms with E-state index in [1.54, 1.807) is 4.90 Å². The van der Waals surface area contributed by atoms with Crippen LogP contribution in [0.5, 0.6) is 0 Å². The minimum absolute atomic E-state index is 0.0675. The van der Waals surface area contributed by atoms with Crippen LogP contribution in [0.4, 0.5) is 0 Å². The van der Waals surface area contributed by atoms with E-state index in [-0.39, 0.29) is 29.9 Å². The number of nitrogens with one attached hydrogen (secondary N) is 2. The number of piperazine rings is 2. The summed E-state index contributed by atoms with van der Waals surface area (Å²) in [5.41, 5.74) is 0. The van der Waals surface area contributed by atoms with Gasteiger partial charge in [0.15, 0.2) is 0 Å². The molecule has 7 heteroatoms. The van der Waals surface area contributed by atoms with Gasteiger partial charge in [0.05, 0.1) is 12.2 Å². The smallest absolute Gasteiger partial charge is 0.240 e. The van der Waals surface area contributed by atoms with E-state index >= 15 is 0 Å². The summed E-state index contributed by atoms with van der Waals surface area (Å²) in [5.74, 6) is 0.474. The lowest BCUT2D eigenvalue weighted by Gasteiger charge is -2.43. The Labute approximate surface area is 145 Å². The van der Waals surface area contributed by atoms with Gasteiger partial charge in [-0.1, -0.05) is 20.8 Å². The highest BCUT2D eigenvalue weighted by atomic mass is 16.2. The number of amides is 2. The van der Waals surface area contributed by atoms with Crippen LogP contribution in [-0.2, 0) is 9.59 Å². The first-order valence-electron chi connectivity index (χ1n) is 9.18. The van der Waals surface area contributed by atoms with E-state index in [0.717, 1.165) is 45.7 Å². The largest absolute Gasteiger partial charge is 0.344 e. The molecule has 2 unspecified atom stereocenters. The Morgan fingerprint density at radius 3 is 2.29 bits per heavy atom. The summed E-state index contributed by atoms with van der Waals surface area (Å²) < 4.78 is 0. The van der Waals surface area contributed by atoms with Crippen LogP contribution in [0.3, 0.4) is 0 Å². The number of hydrogen-bond acceptors (Lipinski definition) is 5. The van der Waals surface area contributed by atoms with Crippen LogP contribution < -0.4 is 10.6 Å². The third-order valence-corrected chi connectivity index (χ3v) is 4.91. The molecule has 2 amide bonds. The van der Waals surface area contributed by atoms with Crippen LogP contribution in [0.25, 0.3) is 0 Å². The Morgan fingerprint density at radius 1 is 1.12 bits per heavy atom. The normalized spacial score (nSPS) is 25.8. The maximum atomic E-state index is 12.3. The molecular weight excluding hydrogens is 306 g/mol. The third kappa shape index (κ3) is 4.68. The second-order valence-electron chi connectivity index (χ2n) is 7.16. The molecule has 2 heterocycles. The Balaban J connectivity index is 1.75. The van der Waals surface area contributed by atoms with Gasteiger partial charge in [-0.3, -0.25) is 19.8 Å². The quantitative estimate of drug-likeness (QED) is 0.710. The molecule has 0 saturated carbocycles. The van der Waals surface area contributed by atoms with Gasteiger partial charge in [0.1, 0.15) is 0 Å². The van der Waals surface area contributed by atoms with Crippen molar-refractivity contribution >= 4 is 11.8 Å². The Bertz CT molecular complexity index is 427. The molecule has 0 aromatic heterocycles. The van der Waals surface area contributed by atoms with Gasteiger partial charge in [-0.25, -0.2) is 0 Å².